The number of nitrogens with one attached hydrogen (secondary N) is 2. The van der Waals surface area contributed by atoms with E-state index in [1.165, 1.54) is 0 Å². The molecule has 1 saturated carbocycles. The van der Waals surface area contributed by atoms with E-state index in [0.717, 1.165) is 17.1 Å². The van der Waals surface area contributed by atoms with Gasteiger partial charge >= 0.3 is 12.1 Å². The SMILES string of the molecule is CC(C)(C)OC(=O)NC1(C(=O)O)CCN(S(=O)(=O)NC2CC2)C1. The molecule has 2 rings (SSSR count). The highest BCUT2D eigenvalue weighted by molar-refractivity contribution is 7.87. The number of aliphatic carboxylic acids is 1. The third-order valence-electron chi connectivity index (χ3n) is 3.62. The second-order valence-corrected chi connectivity index (χ2v) is 8.70. The van der Waals surface area contributed by atoms with Crippen LogP contribution in [0.1, 0.15) is 40.0 Å². The normalized spacial score (nSPS) is 26.0. The van der Waals surface area contributed by atoms with Gasteiger partial charge in [-0.05, 0) is 40.0 Å². The number of carbonyl (C=O) groups is 2. The monoisotopic (exact) mass is 349 g/mol. The van der Waals surface area contributed by atoms with Crippen molar-refractivity contribution in [3.05, 3.63) is 0 Å². The molecule has 1 unspecified atom stereocenters. The first-order chi connectivity index (χ1) is 10.4. The zero-order valence-corrected chi connectivity index (χ0v) is 14.3. The Morgan fingerprint density at radius 3 is 2.39 bits per heavy atom. The van der Waals surface area contributed by atoms with E-state index in [0.29, 0.717) is 0 Å². The Hall–Kier alpha value is -1.39. The van der Waals surface area contributed by atoms with E-state index in [2.05, 4.69) is 10.0 Å². The van der Waals surface area contributed by atoms with E-state index >= 15 is 0 Å². The topological polar surface area (TPSA) is 125 Å². The lowest BCUT2D eigenvalue weighted by atomic mass is 9.99. The summed E-state index contributed by atoms with van der Waals surface area (Å²) in [6.45, 7) is 4.66. The molecule has 1 atom stereocenters. The van der Waals surface area contributed by atoms with Crippen LogP contribution in [-0.4, -0.2) is 60.2 Å². The van der Waals surface area contributed by atoms with Crippen LogP contribution in [0, 0.1) is 0 Å². The lowest BCUT2D eigenvalue weighted by Crippen LogP contribution is -2.58. The summed E-state index contributed by atoms with van der Waals surface area (Å²) in [5.41, 5.74) is -2.46. The molecule has 0 radical (unpaired) electrons. The largest absolute Gasteiger partial charge is 0.479 e. The molecule has 1 aliphatic carbocycles. The molecule has 0 aromatic rings. The highest BCUT2D eigenvalue weighted by Gasteiger charge is 2.50. The molecule has 23 heavy (non-hydrogen) atoms. The predicted molar refractivity (Wildman–Crippen MR) is 81.0 cm³/mol. The van der Waals surface area contributed by atoms with Crippen LogP contribution in [0.2, 0.25) is 0 Å². The minimum atomic E-state index is -3.74. The Morgan fingerprint density at radius 2 is 1.91 bits per heavy atom. The molecule has 9 nitrogen and oxygen atoms in total. The summed E-state index contributed by atoms with van der Waals surface area (Å²) in [6.07, 6.45) is 0.669. The van der Waals surface area contributed by atoms with Crippen molar-refractivity contribution in [3.63, 3.8) is 0 Å². The van der Waals surface area contributed by atoms with Gasteiger partial charge in [0.25, 0.3) is 10.2 Å². The summed E-state index contributed by atoms with van der Waals surface area (Å²) in [5.74, 6) is -1.28. The number of carbonyl (C=O) groups excluding carboxylic acids is 1. The molecule has 0 spiro atoms. The molecule has 3 N–H and O–H groups in total. The highest BCUT2D eigenvalue weighted by atomic mass is 32.2. The summed E-state index contributed by atoms with van der Waals surface area (Å²) in [4.78, 5) is 23.5. The van der Waals surface area contributed by atoms with Crippen LogP contribution >= 0.6 is 0 Å². The molecule has 1 heterocycles. The second kappa shape index (κ2) is 5.91. The lowest BCUT2D eigenvalue weighted by molar-refractivity contribution is -0.144. The van der Waals surface area contributed by atoms with Crippen LogP contribution in [-0.2, 0) is 19.7 Å². The van der Waals surface area contributed by atoms with E-state index in [4.69, 9.17) is 4.74 Å². The van der Waals surface area contributed by atoms with Crippen LogP contribution in [0.3, 0.4) is 0 Å². The van der Waals surface area contributed by atoms with Gasteiger partial charge in [0.1, 0.15) is 5.60 Å². The fraction of sp³-hybridized carbons (Fsp3) is 0.846. The summed E-state index contributed by atoms with van der Waals surface area (Å²) in [6, 6.07) is -0.0707. The van der Waals surface area contributed by atoms with Gasteiger partial charge in [0.05, 0.1) is 0 Å². The number of rotatable bonds is 5. The summed E-state index contributed by atoms with van der Waals surface area (Å²) < 4.78 is 33.0. The van der Waals surface area contributed by atoms with Crippen LogP contribution in [0.25, 0.3) is 0 Å². The molecule has 132 valence electrons. The molecule has 2 aliphatic rings. The maximum absolute atomic E-state index is 12.2. The molecule has 0 aromatic carbocycles. The number of carboxylic acid groups (broad SMARTS) is 1. The van der Waals surface area contributed by atoms with Crippen molar-refractivity contribution in [3.8, 4) is 0 Å². The van der Waals surface area contributed by atoms with Crippen molar-refractivity contribution in [2.45, 2.75) is 57.2 Å². The van der Waals surface area contributed by atoms with Gasteiger partial charge in [-0.3, -0.25) is 0 Å². The Balaban J connectivity index is 2.07. The van der Waals surface area contributed by atoms with Crippen molar-refractivity contribution >= 4 is 22.3 Å². The zero-order chi connectivity index (χ0) is 17.5. The molecular weight excluding hydrogens is 326 g/mol. The van der Waals surface area contributed by atoms with E-state index in [-0.39, 0.29) is 25.6 Å². The van der Waals surface area contributed by atoms with E-state index < -0.39 is 33.4 Å². The van der Waals surface area contributed by atoms with Crippen molar-refractivity contribution in [2.75, 3.05) is 13.1 Å². The Morgan fingerprint density at radius 1 is 1.30 bits per heavy atom. The van der Waals surface area contributed by atoms with Crippen LogP contribution < -0.4 is 10.0 Å². The van der Waals surface area contributed by atoms with Gasteiger partial charge in [0.15, 0.2) is 5.54 Å². The molecule has 2 fully saturated rings. The quantitative estimate of drug-likeness (QED) is 0.643. The molecule has 1 amide bonds. The number of ether oxygens (including phenoxy) is 1. The van der Waals surface area contributed by atoms with Crippen molar-refractivity contribution < 1.29 is 27.9 Å². The number of hydrogen-bond acceptors (Lipinski definition) is 5. The number of carboxylic acids is 1. The van der Waals surface area contributed by atoms with Crippen LogP contribution in [0.4, 0.5) is 4.79 Å². The molecule has 10 heteroatoms. The highest BCUT2D eigenvalue weighted by Crippen LogP contribution is 2.27. The molecule has 0 bridgehead atoms. The Labute approximate surface area is 135 Å². The van der Waals surface area contributed by atoms with Gasteiger partial charge in [-0.2, -0.15) is 17.4 Å². The van der Waals surface area contributed by atoms with Crippen molar-refractivity contribution in [1.82, 2.24) is 14.3 Å². The van der Waals surface area contributed by atoms with Gasteiger partial charge in [-0.25, -0.2) is 9.59 Å². The van der Waals surface area contributed by atoms with E-state index in [9.17, 15) is 23.1 Å². The third-order valence-corrected chi connectivity index (χ3v) is 5.24. The van der Waals surface area contributed by atoms with Gasteiger partial charge in [0, 0.05) is 19.1 Å². The predicted octanol–water partition coefficient (Wildman–Crippen LogP) is 0.0370. The molecular formula is C13H23N3O6S. The Kier molecular flexibility index (Phi) is 4.62. The average Bonchev–Trinajstić information content (AvgIpc) is 3.02. The summed E-state index contributed by atoms with van der Waals surface area (Å²) in [7, 11) is -3.74. The lowest BCUT2D eigenvalue weighted by Gasteiger charge is -2.28. The fourth-order valence-corrected chi connectivity index (χ4v) is 3.82. The van der Waals surface area contributed by atoms with Crippen molar-refractivity contribution in [1.29, 1.82) is 0 Å². The smallest absolute Gasteiger partial charge is 0.408 e. The first kappa shape index (κ1) is 18.0. The minimum Gasteiger partial charge on any atom is -0.479 e. The van der Waals surface area contributed by atoms with Crippen molar-refractivity contribution in [2.24, 2.45) is 0 Å². The average molecular weight is 349 g/mol. The van der Waals surface area contributed by atoms with Gasteiger partial charge < -0.3 is 15.2 Å². The Bertz CT molecular complexity index is 595. The fourth-order valence-electron chi connectivity index (χ4n) is 2.30. The summed E-state index contributed by atoms with van der Waals surface area (Å²) in [5, 5.41) is 11.8. The first-order valence-electron chi connectivity index (χ1n) is 7.45. The molecule has 0 aromatic heterocycles. The van der Waals surface area contributed by atoms with Crippen LogP contribution in [0.15, 0.2) is 0 Å². The standard InChI is InChI=1S/C13H23N3O6S/c1-12(2,3)22-11(19)14-13(10(17)18)6-7-16(8-13)23(20,21)15-9-4-5-9/h9,15H,4-8H2,1-3H3,(H,14,19)(H,17,18). The van der Waals surface area contributed by atoms with Gasteiger partial charge in [-0.15, -0.1) is 0 Å². The minimum absolute atomic E-state index is 0.0180. The zero-order valence-electron chi connectivity index (χ0n) is 13.5. The number of nitrogens with zero attached hydrogens (tertiary/aromatic N) is 1. The number of amides is 1. The van der Waals surface area contributed by atoms with Crippen LogP contribution in [0.5, 0.6) is 0 Å². The maximum atomic E-state index is 12.2. The maximum Gasteiger partial charge on any atom is 0.408 e. The summed E-state index contributed by atoms with van der Waals surface area (Å²) >= 11 is 0. The van der Waals surface area contributed by atoms with E-state index in [1.54, 1.807) is 20.8 Å². The third kappa shape index (κ3) is 4.55. The van der Waals surface area contributed by atoms with Gasteiger partial charge in [-0.1, -0.05) is 0 Å². The number of hydrogen-bond donors (Lipinski definition) is 3. The second-order valence-electron chi connectivity index (χ2n) is 6.99. The molecule has 1 aliphatic heterocycles. The first-order valence-corrected chi connectivity index (χ1v) is 8.89. The van der Waals surface area contributed by atoms with E-state index in [1.807, 2.05) is 0 Å². The number of alkyl carbamates (subject to hydrolysis) is 1. The van der Waals surface area contributed by atoms with Gasteiger partial charge in [0.2, 0.25) is 0 Å². The molecule has 1 saturated heterocycles.